The van der Waals surface area contributed by atoms with Gasteiger partial charge < -0.3 is 28.8 Å². The minimum Gasteiger partial charge on any atom is -0.479 e. The zero-order valence-electron chi connectivity index (χ0n) is 14.4. The lowest BCUT2D eigenvalue weighted by Crippen LogP contribution is -2.31. The minimum absolute atomic E-state index is 0.156. The van der Waals surface area contributed by atoms with Crippen molar-refractivity contribution in [1.82, 2.24) is 19.5 Å². The van der Waals surface area contributed by atoms with Crippen LogP contribution in [-0.4, -0.2) is 69.6 Å². The molecular formula is C15H20N4O6. The zero-order valence-corrected chi connectivity index (χ0v) is 14.4. The molecule has 0 radical (unpaired) electrons. The molecular weight excluding hydrogens is 332 g/mol. The van der Waals surface area contributed by atoms with Gasteiger partial charge in [0.15, 0.2) is 23.2 Å². The number of aliphatic hydroxyl groups is 1. The SMILES string of the molecule is COc1nc(OC)c2ncn(C3OC(CO)C4OC(C)(C)OC43)c2n1. The summed E-state index contributed by atoms with van der Waals surface area (Å²) in [5.74, 6) is -0.455. The Balaban J connectivity index is 1.79. The molecule has 136 valence electrons. The van der Waals surface area contributed by atoms with E-state index in [1.165, 1.54) is 14.2 Å². The molecule has 2 fully saturated rings. The quantitative estimate of drug-likeness (QED) is 0.828. The van der Waals surface area contributed by atoms with Crippen LogP contribution in [-0.2, 0) is 14.2 Å². The second-order valence-electron chi connectivity index (χ2n) is 6.36. The summed E-state index contributed by atoms with van der Waals surface area (Å²) < 4.78 is 29.9. The lowest BCUT2D eigenvalue weighted by Gasteiger charge is -2.24. The van der Waals surface area contributed by atoms with Crippen molar-refractivity contribution in [2.75, 3.05) is 20.8 Å². The summed E-state index contributed by atoms with van der Waals surface area (Å²) in [5, 5.41) is 9.63. The van der Waals surface area contributed by atoms with Gasteiger partial charge in [0, 0.05) is 0 Å². The average molecular weight is 352 g/mol. The highest BCUT2D eigenvalue weighted by atomic mass is 16.8. The molecule has 0 saturated carbocycles. The fourth-order valence-corrected chi connectivity index (χ4v) is 3.32. The Morgan fingerprint density at radius 1 is 1.20 bits per heavy atom. The van der Waals surface area contributed by atoms with Crippen LogP contribution in [0, 0.1) is 0 Å². The highest BCUT2D eigenvalue weighted by molar-refractivity contribution is 5.76. The van der Waals surface area contributed by atoms with Gasteiger partial charge in [-0.3, -0.25) is 4.57 Å². The van der Waals surface area contributed by atoms with Crippen LogP contribution in [0.3, 0.4) is 0 Å². The van der Waals surface area contributed by atoms with Gasteiger partial charge in [-0.05, 0) is 13.8 Å². The molecule has 2 aromatic heterocycles. The first-order valence-corrected chi connectivity index (χ1v) is 7.92. The maximum atomic E-state index is 9.63. The van der Waals surface area contributed by atoms with E-state index in [0.29, 0.717) is 17.0 Å². The second-order valence-corrected chi connectivity index (χ2v) is 6.36. The van der Waals surface area contributed by atoms with Gasteiger partial charge in [-0.2, -0.15) is 9.97 Å². The molecule has 4 unspecified atom stereocenters. The third-order valence-corrected chi connectivity index (χ3v) is 4.32. The summed E-state index contributed by atoms with van der Waals surface area (Å²) in [6.07, 6.45) is -0.264. The minimum atomic E-state index is -0.758. The molecule has 0 spiro atoms. The fraction of sp³-hybridized carbons (Fsp3) is 0.667. The lowest BCUT2D eigenvalue weighted by molar-refractivity contribution is -0.199. The van der Waals surface area contributed by atoms with E-state index in [9.17, 15) is 5.11 Å². The molecule has 0 aromatic carbocycles. The topological polar surface area (TPSA) is 110 Å². The molecule has 2 aliphatic heterocycles. The summed E-state index contributed by atoms with van der Waals surface area (Å²) >= 11 is 0. The third-order valence-electron chi connectivity index (χ3n) is 4.32. The molecule has 10 heteroatoms. The first-order chi connectivity index (χ1) is 12.0. The highest BCUT2D eigenvalue weighted by Crippen LogP contribution is 2.43. The molecule has 2 saturated heterocycles. The number of ether oxygens (including phenoxy) is 5. The Bertz CT molecular complexity index is 794. The van der Waals surface area contributed by atoms with E-state index in [2.05, 4.69) is 15.0 Å². The predicted octanol–water partition coefficient (Wildman–Crippen LogP) is 0.253. The van der Waals surface area contributed by atoms with E-state index in [4.69, 9.17) is 23.7 Å². The number of hydrogen-bond donors (Lipinski definition) is 1. The largest absolute Gasteiger partial charge is 0.479 e. The maximum absolute atomic E-state index is 9.63. The number of fused-ring (bicyclic) bond motifs is 2. The first-order valence-electron chi connectivity index (χ1n) is 7.92. The van der Waals surface area contributed by atoms with Crippen LogP contribution in [0.15, 0.2) is 6.33 Å². The van der Waals surface area contributed by atoms with Gasteiger partial charge in [0.05, 0.1) is 27.2 Å². The van der Waals surface area contributed by atoms with Crippen molar-refractivity contribution in [3.8, 4) is 11.9 Å². The highest BCUT2D eigenvalue weighted by Gasteiger charge is 2.56. The number of nitrogens with zero attached hydrogens (tertiary/aromatic N) is 4. The average Bonchev–Trinajstić information content (AvgIpc) is 3.24. The normalized spacial score (nSPS) is 30.6. The van der Waals surface area contributed by atoms with Crippen molar-refractivity contribution >= 4 is 11.2 Å². The van der Waals surface area contributed by atoms with Crippen LogP contribution in [0.2, 0.25) is 0 Å². The van der Waals surface area contributed by atoms with Gasteiger partial charge in [0.25, 0.3) is 0 Å². The maximum Gasteiger partial charge on any atom is 0.321 e. The smallest absolute Gasteiger partial charge is 0.321 e. The van der Waals surface area contributed by atoms with Crippen molar-refractivity contribution in [2.24, 2.45) is 0 Å². The van der Waals surface area contributed by atoms with Gasteiger partial charge in [-0.15, -0.1) is 0 Å². The molecule has 1 N–H and O–H groups in total. The molecule has 0 aliphatic carbocycles. The Morgan fingerprint density at radius 2 is 1.96 bits per heavy atom. The van der Waals surface area contributed by atoms with Gasteiger partial charge in [0.1, 0.15) is 18.3 Å². The van der Waals surface area contributed by atoms with E-state index >= 15 is 0 Å². The molecule has 2 aliphatic rings. The van der Waals surface area contributed by atoms with E-state index in [0.717, 1.165) is 0 Å². The van der Waals surface area contributed by atoms with E-state index in [-0.39, 0.29) is 18.7 Å². The van der Waals surface area contributed by atoms with Crippen LogP contribution >= 0.6 is 0 Å². The second kappa shape index (κ2) is 5.77. The summed E-state index contributed by atoms with van der Waals surface area (Å²) in [4.78, 5) is 12.8. The zero-order chi connectivity index (χ0) is 17.8. The number of aromatic nitrogens is 4. The number of imidazole rings is 1. The van der Waals surface area contributed by atoms with Gasteiger partial charge in [-0.25, -0.2) is 4.98 Å². The summed E-state index contributed by atoms with van der Waals surface area (Å²) in [7, 11) is 2.97. The van der Waals surface area contributed by atoms with Crippen molar-refractivity contribution < 1.29 is 28.8 Å². The summed E-state index contributed by atoms with van der Waals surface area (Å²) in [5.41, 5.74) is 0.966. The molecule has 10 nitrogen and oxygen atoms in total. The third kappa shape index (κ3) is 2.53. The Kier molecular flexibility index (Phi) is 3.80. The van der Waals surface area contributed by atoms with E-state index in [1.807, 2.05) is 13.8 Å². The van der Waals surface area contributed by atoms with Gasteiger partial charge >= 0.3 is 6.01 Å². The van der Waals surface area contributed by atoms with E-state index < -0.39 is 24.2 Å². The molecule has 25 heavy (non-hydrogen) atoms. The summed E-state index contributed by atoms with van der Waals surface area (Å²) in [6.45, 7) is 3.49. The van der Waals surface area contributed by atoms with Gasteiger partial charge in [-0.1, -0.05) is 0 Å². The molecule has 0 bridgehead atoms. The molecule has 4 rings (SSSR count). The van der Waals surface area contributed by atoms with Gasteiger partial charge in [0.2, 0.25) is 5.88 Å². The Morgan fingerprint density at radius 3 is 2.64 bits per heavy atom. The summed E-state index contributed by atoms with van der Waals surface area (Å²) in [6, 6.07) is 0.156. The van der Waals surface area contributed by atoms with Crippen LogP contribution in [0.5, 0.6) is 11.9 Å². The van der Waals surface area contributed by atoms with Crippen molar-refractivity contribution in [3.63, 3.8) is 0 Å². The molecule has 4 atom stereocenters. The van der Waals surface area contributed by atoms with Crippen LogP contribution in [0.25, 0.3) is 11.2 Å². The molecule has 0 amide bonds. The van der Waals surface area contributed by atoms with Crippen molar-refractivity contribution in [1.29, 1.82) is 0 Å². The monoisotopic (exact) mass is 352 g/mol. The number of rotatable bonds is 4. The Hall–Kier alpha value is -2.01. The molecule has 4 heterocycles. The number of hydrogen-bond acceptors (Lipinski definition) is 9. The Labute approximate surface area is 143 Å². The number of methoxy groups -OCH3 is 2. The number of aliphatic hydroxyl groups excluding tert-OH is 1. The molecule has 2 aromatic rings. The van der Waals surface area contributed by atoms with Crippen molar-refractivity contribution in [2.45, 2.75) is 44.2 Å². The van der Waals surface area contributed by atoms with Crippen LogP contribution < -0.4 is 9.47 Å². The van der Waals surface area contributed by atoms with Crippen LogP contribution in [0.4, 0.5) is 0 Å². The lowest BCUT2D eigenvalue weighted by atomic mass is 10.1. The predicted molar refractivity (Wildman–Crippen MR) is 83.2 cm³/mol. The van der Waals surface area contributed by atoms with E-state index in [1.54, 1.807) is 10.9 Å². The standard InChI is InChI=1S/C15H20N4O6/c1-15(2)24-9-7(5-20)23-13(10(9)25-15)19-6-16-8-11(19)17-14(22-4)18-12(8)21-3/h6-7,9-10,13,20H,5H2,1-4H3. The van der Waals surface area contributed by atoms with Crippen molar-refractivity contribution in [3.05, 3.63) is 6.33 Å². The fourth-order valence-electron chi connectivity index (χ4n) is 3.32. The first kappa shape index (κ1) is 16.5. The van der Waals surface area contributed by atoms with Crippen LogP contribution in [0.1, 0.15) is 20.1 Å².